The second kappa shape index (κ2) is 7.42. The van der Waals surface area contributed by atoms with E-state index < -0.39 is 0 Å². The maximum Gasteiger partial charge on any atom is 0.264 e. The molecule has 0 saturated carbocycles. The van der Waals surface area contributed by atoms with E-state index in [0.29, 0.717) is 37.0 Å². The Labute approximate surface area is 144 Å². The van der Waals surface area contributed by atoms with Gasteiger partial charge in [0.1, 0.15) is 11.2 Å². The summed E-state index contributed by atoms with van der Waals surface area (Å²) in [5, 5.41) is 9.85. The summed E-state index contributed by atoms with van der Waals surface area (Å²) < 4.78 is 5.58. The number of aryl methyl sites for hydroxylation is 1. The molecular formula is C16H22N4O3S. The predicted molar refractivity (Wildman–Crippen MR) is 92.8 cm³/mol. The summed E-state index contributed by atoms with van der Waals surface area (Å²) in [5.74, 6) is 0.588. The molecule has 3 rings (SSSR count). The van der Waals surface area contributed by atoms with E-state index in [1.54, 1.807) is 0 Å². The normalized spacial score (nSPS) is 15.9. The summed E-state index contributed by atoms with van der Waals surface area (Å²) in [6.45, 7) is 8.12. The number of fused-ring (bicyclic) bond motifs is 1. The van der Waals surface area contributed by atoms with Gasteiger partial charge in [0.15, 0.2) is 0 Å². The highest BCUT2D eigenvalue weighted by atomic mass is 32.1. The molecule has 1 N–H and O–H groups in total. The molecule has 0 unspecified atom stereocenters. The summed E-state index contributed by atoms with van der Waals surface area (Å²) in [6, 6.07) is 0. The highest BCUT2D eigenvalue weighted by Gasteiger charge is 2.26. The number of aliphatic hydroxyl groups excluding tert-OH is 1. The van der Waals surface area contributed by atoms with Crippen molar-refractivity contribution in [1.29, 1.82) is 0 Å². The van der Waals surface area contributed by atoms with Gasteiger partial charge >= 0.3 is 0 Å². The maximum atomic E-state index is 12.9. The molecule has 8 heteroatoms. The molecule has 1 aliphatic rings. The monoisotopic (exact) mass is 350 g/mol. The second-order valence-electron chi connectivity index (χ2n) is 5.71. The van der Waals surface area contributed by atoms with Crippen LogP contribution < -0.4 is 4.74 Å². The van der Waals surface area contributed by atoms with Crippen molar-refractivity contribution in [3.8, 4) is 5.88 Å². The van der Waals surface area contributed by atoms with E-state index in [2.05, 4.69) is 14.9 Å². The zero-order valence-corrected chi connectivity index (χ0v) is 14.8. The Hall–Kier alpha value is -1.77. The Kier molecular flexibility index (Phi) is 5.27. The molecule has 1 saturated heterocycles. The van der Waals surface area contributed by atoms with Crippen LogP contribution in [-0.2, 0) is 0 Å². The number of amides is 1. The summed E-state index contributed by atoms with van der Waals surface area (Å²) >= 11 is 1.40. The average molecular weight is 350 g/mol. The van der Waals surface area contributed by atoms with Crippen LogP contribution in [-0.4, -0.2) is 76.7 Å². The molecule has 1 fully saturated rings. The third-order valence-corrected chi connectivity index (χ3v) is 5.43. The SMILES string of the molecule is CCOc1ncnc2sc(C(=O)N3CCN(CCO)CC3)c(C)c12. The number of aromatic nitrogens is 2. The number of hydrogen-bond acceptors (Lipinski definition) is 7. The second-order valence-corrected chi connectivity index (χ2v) is 6.70. The molecule has 3 heterocycles. The lowest BCUT2D eigenvalue weighted by Crippen LogP contribution is -2.49. The number of carbonyl (C=O) groups is 1. The molecule has 1 aliphatic heterocycles. The topological polar surface area (TPSA) is 78.8 Å². The van der Waals surface area contributed by atoms with Crippen molar-refractivity contribution in [2.75, 3.05) is 45.9 Å². The number of ether oxygens (including phenoxy) is 1. The first-order chi connectivity index (χ1) is 11.7. The van der Waals surface area contributed by atoms with Crippen LogP contribution in [0.5, 0.6) is 5.88 Å². The van der Waals surface area contributed by atoms with Crippen molar-refractivity contribution in [3.05, 3.63) is 16.8 Å². The third-order valence-electron chi connectivity index (χ3n) is 4.24. The number of nitrogens with zero attached hydrogens (tertiary/aromatic N) is 4. The van der Waals surface area contributed by atoms with Gasteiger partial charge in [0.05, 0.1) is 23.5 Å². The Bertz CT molecular complexity index is 725. The van der Waals surface area contributed by atoms with Crippen molar-refractivity contribution in [1.82, 2.24) is 19.8 Å². The van der Waals surface area contributed by atoms with Crippen LogP contribution in [0.25, 0.3) is 10.2 Å². The molecule has 24 heavy (non-hydrogen) atoms. The van der Waals surface area contributed by atoms with Crippen LogP contribution in [0.3, 0.4) is 0 Å². The van der Waals surface area contributed by atoms with Gasteiger partial charge in [0.25, 0.3) is 5.91 Å². The van der Waals surface area contributed by atoms with Gasteiger partial charge in [-0.2, -0.15) is 0 Å². The molecule has 0 radical (unpaired) electrons. The number of rotatable bonds is 5. The fourth-order valence-electron chi connectivity index (χ4n) is 2.95. The van der Waals surface area contributed by atoms with Gasteiger partial charge in [-0.25, -0.2) is 9.97 Å². The van der Waals surface area contributed by atoms with E-state index >= 15 is 0 Å². The molecule has 2 aromatic heterocycles. The van der Waals surface area contributed by atoms with Crippen LogP contribution in [0.4, 0.5) is 0 Å². The van der Waals surface area contributed by atoms with E-state index in [9.17, 15) is 4.79 Å². The van der Waals surface area contributed by atoms with Gasteiger partial charge in [-0.1, -0.05) is 0 Å². The van der Waals surface area contributed by atoms with Gasteiger partial charge in [-0.3, -0.25) is 9.69 Å². The predicted octanol–water partition coefficient (Wildman–Crippen LogP) is 1.15. The summed E-state index contributed by atoms with van der Waals surface area (Å²) in [7, 11) is 0. The molecular weight excluding hydrogens is 328 g/mol. The molecule has 7 nitrogen and oxygen atoms in total. The van der Waals surface area contributed by atoms with E-state index in [4.69, 9.17) is 9.84 Å². The fourth-order valence-corrected chi connectivity index (χ4v) is 4.06. The first-order valence-corrected chi connectivity index (χ1v) is 8.96. The molecule has 2 aromatic rings. The minimum absolute atomic E-state index is 0.0431. The van der Waals surface area contributed by atoms with E-state index in [1.807, 2.05) is 18.7 Å². The Balaban J connectivity index is 1.83. The third kappa shape index (κ3) is 3.22. The van der Waals surface area contributed by atoms with Gasteiger partial charge in [-0.05, 0) is 19.4 Å². The van der Waals surface area contributed by atoms with Crippen molar-refractivity contribution < 1.29 is 14.6 Å². The largest absolute Gasteiger partial charge is 0.477 e. The molecule has 1 amide bonds. The number of β-amino-alcohol motifs (C(OH)–C–C–N with tert-alkyl or cyclic N) is 1. The first kappa shape index (κ1) is 17.1. The molecule has 0 bridgehead atoms. The smallest absolute Gasteiger partial charge is 0.264 e. The fraction of sp³-hybridized carbons (Fsp3) is 0.562. The van der Waals surface area contributed by atoms with Gasteiger partial charge in [-0.15, -0.1) is 11.3 Å². The zero-order chi connectivity index (χ0) is 17.1. The lowest BCUT2D eigenvalue weighted by molar-refractivity contribution is 0.0619. The minimum Gasteiger partial charge on any atom is -0.477 e. The van der Waals surface area contributed by atoms with Gasteiger partial charge in [0, 0.05) is 32.7 Å². The number of aliphatic hydroxyl groups is 1. The van der Waals surface area contributed by atoms with E-state index in [-0.39, 0.29) is 12.5 Å². The standard InChI is InChI=1S/C16H22N4O3S/c1-3-23-14-12-11(2)13(24-15(12)18-10-17-14)16(22)20-6-4-19(5-7-20)8-9-21/h10,21H,3-9H2,1-2H3. The van der Waals surface area contributed by atoms with Crippen molar-refractivity contribution >= 4 is 27.5 Å². The minimum atomic E-state index is 0.0431. The van der Waals surface area contributed by atoms with Gasteiger partial charge in [0.2, 0.25) is 5.88 Å². The highest BCUT2D eigenvalue weighted by molar-refractivity contribution is 7.20. The summed E-state index contributed by atoms with van der Waals surface area (Å²) in [5.41, 5.74) is 0.891. The van der Waals surface area contributed by atoms with Crippen LogP contribution in [0, 0.1) is 6.92 Å². The van der Waals surface area contributed by atoms with E-state index in [0.717, 1.165) is 28.9 Å². The average Bonchev–Trinajstić information content (AvgIpc) is 2.93. The molecule has 0 aliphatic carbocycles. The molecule has 0 spiro atoms. The number of piperazine rings is 1. The Morgan fingerprint density at radius 2 is 2.08 bits per heavy atom. The molecule has 0 aromatic carbocycles. The number of thiophene rings is 1. The maximum absolute atomic E-state index is 12.9. The Morgan fingerprint density at radius 1 is 1.33 bits per heavy atom. The van der Waals surface area contributed by atoms with Crippen molar-refractivity contribution in [3.63, 3.8) is 0 Å². The molecule has 0 atom stereocenters. The van der Waals surface area contributed by atoms with Crippen LogP contribution >= 0.6 is 11.3 Å². The lowest BCUT2D eigenvalue weighted by Gasteiger charge is -2.34. The van der Waals surface area contributed by atoms with Crippen molar-refractivity contribution in [2.24, 2.45) is 0 Å². The summed E-state index contributed by atoms with van der Waals surface area (Å²) in [4.78, 5) is 26.9. The number of hydrogen-bond donors (Lipinski definition) is 1. The van der Waals surface area contributed by atoms with Crippen LogP contribution in [0.2, 0.25) is 0 Å². The lowest BCUT2D eigenvalue weighted by atomic mass is 10.2. The highest BCUT2D eigenvalue weighted by Crippen LogP contribution is 2.35. The summed E-state index contributed by atoms with van der Waals surface area (Å²) in [6.07, 6.45) is 1.48. The van der Waals surface area contributed by atoms with Crippen LogP contribution in [0.1, 0.15) is 22.2 Å². The first-order valence-electron chi connectivity index (χ1n) is 8.15. The van der Waals surface area contributed by atoms with E-state index in [1.165, 1.54) is 17.7 Å². The van der Waals surface area contributed by atoms with Gasteiger partial charge < -0.3 is 14.7 Å². The zero-order valence-electron chi connectivity index (χ0n) is 14.0. The molecule has 130 valence electrons. The quantitative estimate of drug-likeness (QED) is 0.871. The van der Waals surface area contributed by atoms with Crippen LogP contribution in [0.15, 0.2) is 6.33 Å². The number of carbonyl (C=O) groups excluding carboxylic acids is 1. The Morgan fingerprint density at radius 3 is 2.75 bits per heavy atom. The van der Waals surface area contributed by atoms with Crippen molar-refractivity contribution in [2.45, 2.75) is 13.8 Å².